The first kappa shape index (κ1) is 29.9. The Morgan fingerprint density at radius 2 is 1.80 bits per heavy atom. The average molecular weight is 631 g/mol. The molecule has 0 bridgehead atoms. The number of nitrogens with zero attached hydrogens (tertiary/aromatic N) is 3. The largest absolute Gasteiger partial charge is 0.476 e. The molecular weight excluding hydrogens is 600 g/mol. The predicted molar refractivity (Wildman–Crippen MR) is 168 cm³/mol. The van der Waals surface area contributed by atoms with Crippen LogP contribution in [0.15, 0.2) is 77.0 Å². The molecule has 0 unspecified atom stereocenters. The summed E-state index contributed by atoms with van der Waals surface area (Å²) < 4.78 is 40.3. The molecule has 0 saturated heterocycles. The van der Waals surface area contributed by atoms with Gasteiger partial charge in [0.05, 0.1) is 11.4 Å². The van der Waals surface area contributed by atoms with Gasteiger partial charge in [-0.3, -0.25) is 0 Å². The van der Waals surface area contributed by atoms with Crippen molar-refractivity contribution in [1.29, 1.82) is 0 Å². The fourth-order valence-electron chi connectivity index (χ4n) is 5.32. The fourth-order valence-corrected chi connectivity index (χ4v) is 6.68. The highest BCUT2D eigenvalue weighted by atomic mass is 32.2. The Morgan fingerprint density at radius 1 is 1.07 bits per heavy atom. The molecule has 44 heavy (non-hydrogen) atoms. The maximum Gasteiger partial charge on any atom is 0.355 e. The topological polar surface area (TPSA) is 128 Å². The van der Waals surface area contributed by atoms with Gasteiger partial charge in [-0.2, -0.15) is 5.10 Å². The fraction of sp³-hybridized carbons (Fsp3) is 0.242. The summed E-state index contributed by atoms with van der Waals surface area (Å²) in [4.78, 5) is 15.4. The van der Waals surface area contributed by atoms with Gasteiger partial charge < -0.3 is 5.11 Å². The molecule has 11 heteroatoms. The zero-order valence-corrected chi connectivity index (χ0v) is 25.8. The van der Waals surface area contributed by atoms with Gasteiger partial charge in [-0.05, 0) is 71.6 Å². The zero-order chi connectivity index (χ0) is 31.2. The van der Waals surface area contributed by atoms with Gasteiger partial charge in [0.1, 0.15) is 10.7 Å². The molecule has 1 aliphatic rings. The van der Waals surface area contributed by atoms with Gasteiger partial charge in [0, 0.05) is 22.9 Å². The van der Waals surface area contributed by atoms with Crippen LogP contribution in [0.5, 0.6) is 0 Å². The Labute approximate surface area is 259 Å². The van der Waals surface area contributed by atoms with Crippen molar-refractivity contribution < 1.29 is 22.7 Å². The van der Waals surface area contributed by atoms with E-state index in [1.54, 1.807) is 10.7 Å². The van der Waals surface area contributed by atoms with Crippen LogP contribution in [0.25, 0.3) is 27.5 Å². The number of benzene rings is 3. The number of nitrogens with two attached hydrogens (primary N) is 1. The third kappa shape index (κ3) is 6.21. The van der Waals surface area contributed by atoms with Crippen LogP contribution in [0.2, 0.25) is 0 Å². The minimum absolute atomic E-state index is 0.0616. The zero-order valence-electron chi connectivity index (χ0n) is 24.2. The van der Waals surface area contributed by atoms with Gasteiger partial charge in [0.15, 0.2) is 5.69 Å². The number of halogens is 1. The van der Waals surface area contributed by atoms with E-state index in [0.29, 0.717) is 34.6 Å². The van der Waals surface area contributed by atoms with Crippen LogP contribution in [0, 0.1) is 11.7 Å². The lowest BCUT2D eigenvalue weighted by molar-refractivity contribution is 0.0691. The van der Waals surface area contributed by atoms with Crippen molar-refractivity contribution >= 4 is 27.3 Å². The summed E-state index contributed by atoms with van der Waals surface area (Å²) in [6, 6.07) is 20.4. The highest BCUT2D eigenvalue weighted by molar-refractivity contribution is 7.89. The van der Waals surface area contributed by atoms with Crippen LogP contribution in [-0.2, 0) is 22.9 Å². The summed E-state index contributed by atoms with van der Waals surface area (Å²) in [5, 5.41) is 21.6. The van der Waals surface area contributed by atoms with Crippen LogP contribution in [0.4, 0.5) is 4.39 Å². The molecule has 1 fully saturated rings. The first-order valence-corrected chi connectivity index (χ1v) is 16.7. The number of hydrogen-bond acceptors (Lipinski definition) is 6. The van der Waals surface area contributed by atoms with E-state index in [0.717, 1.165) is 40.8 Å². The Balaban J connectivity index is 1.50. The smallest absolute Gasteiger partial charge is 0.355 e. The Hall–Kier alpha value is -4.19. The SMILES string of the molecule is CC(C)c1ccc(-c2cccc(-c3nn(-c4nc(C(=O)O)cs4)c(CC4CC4)c3Cc3ccc(S(N)(=O)=O)c(F)c3)c2)cc1. The van der Waals surface area contributed by atoms with Gasteiger partial charge in [-0.15, -0.1) is 11.3 Å². The van der Waals surface area contributed by atoms with Crippen LogP contribution in [0.1, 0.15) is 65.5 Å². The Bertz CT molecular complexity index is 1980. The number of thiazole rings is 1. The van der Waals surface area contributed by atoms with Gasteiger partial charge in [-0.1, -0.05) is 62.4 Å². The molecular formula is C33H31FN4O4S2. The van der Waals surface area contributed by atoms with Crippen LogP contribution in [-0.4, -0.2) is 34.3 Å². The molecule has 3 N–H and O–H groups in total. The standard InChI is InChI=1S/C33H31FN4O4S2/c1-19(2)22-9-11-23(12-10-22)24-4-3-5-25(17-24)31-26(14-21-8-13-30(27(34)15-21)44(35,41)42)29(16-20-6-7-20)38(37-31)33-36-28(18-43-33)32(39)40/h3-5,8-13,15,17-20H,6-7,14,16H2,1-2H3,(H,39,40)(H2,35,41,42). The first-order chi connectivity index (χ1) is 21.0. The van der Waals surface area contributed by atoms with E-state index in [-0.39, 0.29) is 12.1 Å². The van der Waals surface area contributed by atoms with Crippen molar-refractivity contribution in [2.45, 2.75) is 50.3 Å². The second-order valence-corrected chi connectivity index (χ2v) is 13.9. The van der Waals surface area contributed by atoms with Crippen molar-refractivity contribution in [2.75, 3.05) is 0 Å². The first-order valence-electron chi connectivity index (χ1n) is 14.3. The number of primary sulfonamides is 1. The van der Waals surface area contributed by atoms with Crippen molar-refractivity contribution in [3.63, 3.8) is 0 Å². The molecule has 1 aliphatic carbocycles. The van der Waals surface area contributed by atoms with E-state index in [1.807, 2.05) is 18.2 Å². The molecule has 2 aromatic heterocycles. The summed E-state index contributed by atoms with van der Waals surface area (Å²) in [6.45, 7) is 4.31. The maximum absolute atomic E-state index is 14.9. The van der Waals surface area contributed by atoms with Crippen molar-refractivity contribution in [3.8, 4) is 27.5 Å². The quantitative estimate of drug-likeness (QED) is 0.174. The molecule has 3 aromatic carbocycles. The number of carbonyl (C=O) groups is 1. The number of carboxylic acid groups (broad SMARTS) is 1. The van der Waals surface area contributed by atoms with E-state index in [1.165, 1.54) is 34.4 Å². The molecule has 0 radical (unpaired) electrons. The highest BCUT2D eigenvalue weighted by Crippen LogP contribution is 2.39. The van der Waals surface area contributed by atoms with Gasteiger partial charge in [0.2, 0.25) is 15.2 Å². The lowest BCUT2D eigenvalue weighted by atomic mass is 9.94. The summed E-state index contributed by atoms with van der Waals surface area (Å²) in [5.74, 6) is -1.17. The predicted octanol–water partition coefficient (Wildman–Crippen LogP) is 6.81. The molecule has 226 valence electrons. The number of hydrogen-bond donors (Lipinski definition) is 2. The summed E-state index contributed by atoms with van der Waals surface area (Å²) in [7, 11) is -4.21. The number of aromatic carboxylic acids is 1. The molecule has 0 aliphatic heterocycles. The number of rotatable bonds is 10. The summed E-state index contributed by atoms with van der Waals surface area (Å²) in [6.07, 6.45) is 3.09. The van der Waals surface area contributed by atoms with E-state index in [9.17, 15) is 22.7 Å². The van der Waals surface area contributed by atoms with Crippen LogP contribution < -0.4 is 5.14 Å². The van der Waals surface area contributed by atoms with E-state index >= 15 is 0 Å². The summed E-state index contributed by atoms with van der Waals surface area (Å²) >= 11 is 1.19. The Kier molecular flexibility index (Phi) is 7.95. The second-order valence-electron chi connectivity index (χ2n) is 11.5. The molecule has 2 heterocycles. The van der Waals surface area contributed by atoms with E-state index < -0.39 is 26.7 Å². The van der Waals surface area contributed by atoms with Crippen molar-refractivity contribution in [3.05, 3.63) is 106 Å². The highest BCUT2D eigenvalue weighted by Gasteiger charge is 2.29. The van der Waals surface area contributed by atoms with Crippen molar-refractivity contribution in [1.82, 2.24) is 14.8 Å². The average Bonchev–Trinajstić information content (AvgIpc) is 3.54. The lowest BCUT2D eigenvalue weighted by Gasteiger charge is -2.11. The van der Waals surface area contributed by atoms with E-state index in [2.05, 4.69) is 49.2 Å². The molecule has 8 nitrogen and oxygen atoms in total. The van der Waals surface area contributed by atoms with Gasteiger partial charge in [0.25, 0.3) is 0 Å². The van der Waals surface area contributed by atoms with Gasteiger partial charge >= 0.3 is 5.97 Å². The number of aromatic nitrogens is 3. The molecule has 1 saturated carbocycles. The molecule has 0 atom stereocenters. The van der Waals surface area contributed by atoms with Crippen LogP contribution in [0.3, 0.4) is 0 Å². The minimum atomic E-state index is -4.21. The summed E-state index contributed by atoms with van der Waals surface area (Å²) in [5.41, 5.74) is 7.04. The van der Waals surface area contributed by atoms with Crippen LogP contribution >= 0.6 is 11.3 Å². The number of carboxylic acids is 1. The normalized spacial score (nSPS) is 13.5. The molecule has 0 amide bonds. The van der Waals surface area contributed by atoms with E-state index in [4.69, 9.17) is 10.2 Å². The molecule has 5 aromatic rings. The molecule has 6 rings (SSSR count). The minimum Gasteiger partial charge on any atom is -0.476 e. The number of sulfonamides is 1. The lowest BCUT2D eigenvalue weighted by Crippen LogP contribution is -2.14. The van der Waals surface area contributed by atoms with Gasteiger partial charge in [-0.25, -0.2) is 32.4 Å². The third-order valence-corrected chi connectivity index (χ3v) is 9.65. The Morgan fingerprint density at radius 3 is 2.41 bits per heavy atom. The second kappa shape index (κ2) is 11.7. The third-order valence-electron chi connectivity index (χ3n) is 7.89. The van der Waals surface area contributed by atoms with Crippen molar-refractivity contribution in [2.24, 2.45) is 11.1 Å². The maximum atomic E-state index is 14.9. The monoisotopic (exact) mass is 630 g/mol. The molecule has 0 spiro atoms.